The lowest BCUT2D eigenvalue weighted by atomic mass is 10.1. The monoisotopic (exact) mass is 451 g/mol. The van der Waals surface area contributed by atoms with Crippen molar-refractivity contribution in [1.29, 1.82) is 0 Å². The number of hydrogen-bond acceptors (Lipinski definition) is 6. The first-order chi connectivity index (χ1) is 16.0. The van der Waals surface area contributed by atoms with Gasteiger partial charge in [0.2, 0.25) is 5.91 Å². The smallest absolute Gasteiger partial charge is 0.273 e. The summed E-state index contributed by atoms with van der Waals surface area (Å²) >= 11 is 0. The highest BCUT2D eigenvalue weighted by Gasteiger charge is 2.15. The first kappa shape index (κ1) is 23.4. The number of hydrogen-bond donors (Lipinski definition) is 1. The van der Waals surface area contributed by atoms with E-state index in [1.807, 2.05) is 6.92 Å². The average Bonchev–Trinajstić information content (AvgIpc) is 2.79. The summed E-state index contributed by atoms with van der Waals surface area (Å²) < 4.78 is 24.7. The average molecular weight is 451 g/mol. The van der Waals surface area contributed by atoms with E-state index < -0.39 is 10.8 Å². The van der Waals surface area contributed by atoms with Gasteiger partial charge >= 0.3 is 0 Å². The molecule has 0 radical (unpaired) electrons. The molecule has 0 aliphatic rings. The number of halogens is 1. The molecule has 0 saturated heterocycles. The minimum absolute atomic E-state index is 0.119. The number of carbonyl (C=O) groups excluding carboxylic acids is 1. The molecule has 1 N–H and O–H groups in total. The summed E-state index contributed by atoms with van der Waals surface area (Å²) in [6, 6.07) is 17.3. The number of rotatable bonds is 10. The van der Waals surface area contributed by atoms with Gasteiger partial charge in [-0.2, -0.15) is 5.10 Å². The Kier molecular flexibility index (Phi) is 8.07. The largest absolute Gasteiger partial charge is 0.490 e. The zero-order valence-electron chi connectivity index (χ0n) is 17.9. The Labute approximate surface area is 189 Å². The van der Waals surface area contributed by atoms with Crippen molar-refractivity contribution in [2.24, 2.45) is 5.10 Å². The number of carbonyl (C=O) groups is 1. The number of nitrogens with zero attached hydrogens (tertiary/aromatic N) is 2. The first-order valence-corrected chi connectivity index (χ1v) is 10.1. The maximum Gasteiger partial charge on any atom is 0.273 e. The molecule has 0 saturated carbocycles. The zero-order valence-corrected chi connectivity index (χ0v) is 17.9. The second-order valence-corrected chi connectivity index (χ2v) is 6.91. The van der Waals surface area contributed by atoms with Crippen LogP contribution in [0.4, 0.5) is 10.1 Å². The number of nitro groups is 1. The predicted molar refractivity (Wildman–Crippen MR) is 121 cm³/mol. The van der Waals surface area contributed by atoms with Gasteiger partial charge in [-0.1, -0.05) is 30.3 Å². The van der Waals surface area contributed by atoms with Crippen LogP contribution in [0.5, 0.6) is 11.5 Å². The highest BCUT2D eigenvalue weighted by molar-refractivity contribution is 5.84. The Morgan fingerprint density at radius 2 is 1.91 bits per heavy atom. The Hall–Kier alpha value is -4.27. The fourth-order valence-electron chi connectivity index (χ4n) is 3.01. The molecule has 0 aliphatic carbocycles. The number of nitrogens with one attached hydrogen (secondary N) is 1. The normalized spacial score (nSPS) is 10.7. The van der Waals surface area contributed by atoms with Gasteiger partial charge in [-0.25, -0.2) is 9.82 Å². The van der Waals surface area contributed by atoms with Gasteiger partial charge in [0.15, 0.2) is 11.5 Å². The van der Waals surface area contributed by atoms with Crippen molar-refractivity contribution >= 4 is 17.8 Å². The van der Waals surface area contributed by atoms with Crippen molar-refractivity contribution < 1.29 is 23.6 Å². The van der Waals surface area contributed by atoms with Gasteiger partial charge in [0, 0.05) is 11.6 Å². The summed E-state index contributed by atoms with van der Waals surface area (Å²) in [6.07, 6.45) is 1.25. The van der Waals surface area contributed by atoms with Crippen LogP contribution in [0.25, 0.3) is 0 Å². The molecule has 0 atom stereocenters. The lowest BCUT2D eigenvalue weighted by molar-refractivity contribution is -0.385. The number of hydrazone groups is 1. The zero-order chi connectivity index (χ0) is 23.6. The summed E-state index contributed by atoms with van der Waals surface area (Å²) in [5.74, 6) is 0.139. The van der Waals surface area contributed by atoms with Gasteiger partial charge in [0.05, 0.1) is 24.2 Å². The van der Waals surface area contributed by atoms with Crippen LogP contribution < -0.4 is 14.9 Å². The molecule has 0 heterocycles. The summed E-state index contributed by atoms with van der Waals surface area (Å²) in [5.41, 5.74) is 3.87. The number of nitro benzene ring substituents is 1. The minimum atomic E-state index is -0.529. The summed E-state index contributed by atoms with van der Waals surface area (Å²) in [6.45, 7) is 2.41. The molecule has 0 bridgehead atoms. The van der Waals surface area contributed by atoms with Crippen molar-refractivity contribution in [2.45, 2.75) is 20.0 Å². The topological polar surface area (TPSA) is 103 Å². The van der Waals surface area contributed by atoms with Crippen LogP contribution in [-0.2, 0) is 17.8 Å². The molecule has 1 amide bonds. The van der Waals surface area contributed by atoms with E-state index in [9.17, 15) is 19.3 Å². The molecule has 0 aliphatic heterocycles. The van der Waals surface area contributed by atoms with E-state index >= 15 is 0 Å². The maximum atomic E-state index is 13.3. The van der Waals surface area contributed by atoms with E-state index in [2.05, 4.69) is 10.5 Å². The molecule has 0 spiro atoms. The van der Waals surface area contributed by atoms with Crippen LogP contribution in [0, 0.1) is 15.9 Å². The third-order valence-corrected chi connectivity index (χ3v) is 4.49. The van der Waals surface area contributed by atoms with Crippen molar-refractivity contribution in [1.82, 2.24) is 5.43 Å². The molecule has 8 nitrogen and oxygen atoms in total. The van der Waals surface area contributed by atoms with Crippen LogP contribution in [0.1, 0.15) is 23.6 Å². The SMILES string of the molecule is CCOc1cc(/C=N/NC(=O)Cc2ccccc2[N+](=O)[O-])ccc1OCc1cccc(F)c1. The van der Waals surface area contributed by atoms with E-state index in [0.717, 1.165) is 0 Å². The fourth-order valence-corrected chi connectivity index (χ4v) is 3.01. The number of benzene rings is 3. The van der Waals surface area contributed by atoms with E-state index in [1.165, 1.54) is 30.5 Å². The van der Waals surface area contributed by atoms with Crippen LogP contribution >= 0.6 is 0 Å². The molecule has 0 fully saturated rings. The van der Waals surface area contributed by atoms with E-state index in [1.54, 1.807) is 42.5 Å². The third-order valence-electron chi connectivity index (χ3n) is 4.49. The van der Waals surface area contributed by atoms with Crippen LogP contribution in [0.15, 0.2) is 71.8 Å². The van der Waals surface area contributed by atoms with Crippen LogP contribution in [-0.4, -0.2) is 23.7 Å². The molecule has 3 aromatic rings. The Balaban J connectivity index is 1.62. The molecule has 33 heavy (non-hydrogen) atoms. The van der Waals surface area contributed by atoms with Crippen LogP contribution in [0.3, 0.4) is 0 Å². The highest BCUT2D eigenvalue weighted by atomic mass is 19.1. The van der Waals surface area contributed by atoms with Gasteiger partial charge in [-0.05, 0) is 48.4 Å². The summed E-state index contributed by atoms with van der Waals surface area (Å²) in [5, 5.41) is 15.0. The summed E-state index contributed by atoms with van der Waals surface area (Å²) in [4.78, 5) is 22.7. The number of amides is 1. The van der Waals surface area contributed by atoms with E-state index in [-0.39, 0.29) is 24.5 Å². The van der Waals surface area contributed by atoms with Crippen molar-refractivity contribution in [2.75, 3.05) is 6.61 Å². The predicted octanol–water partition coefficient (Wildman–Crippen LogP) is 4.40. The van der Waals surface area contributed by atoms with E-state index in [4.69, 9.17) is 9.47 Å². The quantitative estimate of drug-likeness (QED) is 0.280. The second-order valence-electron chi connectivity index (χ2n) is 6.91. The molecule has 9 heteroatoms. The van der Waals surface area contributed by atoms with Crippen LogP contribution in [0.2, 0.25) is 0 Å². The van der Waals surface area contributed by atoms with E-state index in [0.29, 0.717) is 34.8 Å². The Bertz CT molecular complexity index is 1170. The van der Waals surface area contributed by atoms with Crippen molar-refractivity contribution in [3.8, 4) is 11.5 Å². The lowest BCUT2D eigenvalue weighted by Gasteiger charge is -2.12. The molecule has 170 valence electrons. The van der Waals surface area contributed by atoms with Gasteiger partial charge in [0.1, 0.15) is 12.4 Å². The van der Waals surface area contributed by atoms with Gasteiger partial charge < -0.3 is 9.47 Å². The third kappa shape index (κ3) is 6.86. The summed E-state index contributed by atoms with van der Waals surface area (Å²) in [7, 11) is 0. The molecule has 3 aromatic carbocycles. The molecule has 0 unspecified atom stereocenters. The highest BCUT2D eigenvalue weighted by Crippen LogP contribution is 2.29. The Morgan fingerprint density at radius 3 is 2.67 bits per heavy atom. The maximum absolute atomic E-state index is 13.3. The molecular weight excluding hydrogens is 429 g/mol. The molecular formula is C24H22FN3O5. The first-order valence-electron chi connectivity index (χ1n) is 10.1. The molecule has 0 aromatic heterocycles. The van der Waals surface area contributed by atoms with Crippen molar-refractivity contribution in [3.05, 3.63) is 99.4 Å². The van der Waals surface area contributed by atoms with Gasteiger partial charge in [-0.3, -0.25) is 14.9 Å². The second kappa shape index (κ2) is 11.4. The van der Waals surface area contributed by atoms with Gasteiger partial charge in [-0.15, -0.1) is 0 Å². The van der Waals surface area contributed by atoms with Crippen molar-refractivity contribution in [3.63, 3.8) is 0 Å². The number of para-hydroxylation sites is 1. The Morgan fingerprint density at radius 1 is 1.09 bits per heavy atom. The number of ether oxygens (including phenoxy) is 2. The fraction of sp³-hybridized carbons (Fsp3) is 0.167. The standard InChI is InChI=1S/C24H22FN3O5/c1-2-32-23-13-17(10-11-22(23)33-16-18-6-5-8-20(25)12-18)15-26-27-24(29)14-19-7-3-4-9-21(19)28(30)31/h3-13,15H,2,14,16H2,1H3,(H,27,29)/b26-15+. The minimum Gasteiger partial charge on any atom is -0.490 e. The lowest BCUT2D eigenvalue weighted by Crippen LogP contribution is -2.20. The van der Waals surface area contributed by atoms with Gasteiger partial charge in [0.25, 0.3) is 5.69 Å². The molecule has 3 rings (SSSR count).